The van der Waals surface area contributed by atoms with Crippen LogP contribution in [0.3, 0.4) is 0 Å². The number of nitrogens with two attached hydrogens (primary N) is 1. The molecule has 0 amide bonds. The number of nitrogens with zero attached hydrogens (tertiary/aromatic N) is 2. The Morgan fingerprint density at radius 3 is 2.79 bits per heavy atom. The smallest absolute Gasteiger partial charge is 0.287 e. The summed E-state index contributed by atoms with van der Waals surface area (Å²) in [6, 6.07) is 0.121. The van der Waals surface area contributed by atoms with E-state index in [1.165, 1.54) is 4.68 Å². The first-order chi connectivity index (χ1) is 9.13. The molecule has 0 aliphatic carbocycles. The summed E-state index contributed by atoms with van der Waals surface area (Å²) in [4.78, 5) is 12.0. The summed E-state index contributed by atoms with van der Waals surface area (Å²) in [5.41, 5.74) is 6.01. The lowest BCUT2D eigenvalue weighted by atomic mass is 10.1. The van der Waals surface area contributed by atoms with Crippen molar-refractivity contribution in [1.82, 2.24) is 9.78 Å². The molecular weight excluding hydrogens is 264 g/mol. The van der Waals surface area contributed by atoms with Gasteiger partial charge in [-0.25, -0.2) is 4.68 Å². The van der Waals surface area contributed by atoms with Crippen LogP contribution in [0, 0.1) is 0 Å². The summed E-state index contributed by atoms with van der Waals surface area (Å²) in [5, 5.41) is 7.52. The van der Waals surface area contributed by atoms with Crippen LogP contribution >= 0.6 is 11.6 Å². The van der Waals surface area contributed by atoms with Crippen LogP contribution in [0.5, 0.6) is 0 Å². The summed E-state index contributed by atoms with van der Waals surface area (Å²) in [7, 11) is 0. The van der Waals surface area contributed by atoms with Crippen molar-refractivity contribution in [3.8, 4) is 0 Å². The van der Waals surface area contributed by atoms with Gasteiger partial charge < -0.3 is 11.1 Å². The van der Waals surface area contributed by atoms with Gasteiger partial charge >= 0.3 is 0 Å². The van der Waals surface area contributed by atoms with Crippen LogP contribution in [0.2, 0.25) is 5.02 Å². The molecular formula is C13H23ClN4O. The van der Waals surface area contributed by atoms with Gasteiger partial charge in [-0.1, -0.05) is 38.3 Å². The number of hydrogen-bond acceptors (Lipinski definition) is 4. The van der Waals surface area contributed by atoms with Crippen molar-refractivity contribution in [2.45, 2.75) is 52.1 Å². The van der Waals surface area contributed by atoms with Crippen LogP contribution in [0.4, 0.5) is 5.69 Å². The normalized spacial score (nSPS) is 12.4. The number of unbranched alkanes of at least 4 members (excludes halogenated alkanes) is 1. The molecule has 5 nitrogen and oxygen atoms in total. The maximum atomic E-state index is 12.0. The van der Waals surface area contributed by atoms with Crippen LogP contribution in [0.25, 0.3) is 0 Å². The Balaban J connectivity index is 2.86. The van der Waals surface area contributed by atoms with E-state index in [0.29, 0.717) is 18.8 Å². The largest absolute Gasteiger partial charge is 0.378 e. The predicted octanol–water partition coefficient (Wildman–Crippen LogP) is 2.24. The van der Waals surface area contributed by atoms with Gasteiger partial charge in [0.2, 0.25) is 0 Å². The fraction of sp³-hybridized carbons (Fsp3) is 0.692. The van der Waals surface area contributed by atoms with Crippen molar-refractivity contribution in [2.24, 2.45) is 5.73 Å². The zero-order valence-corrected chi connectivity index (χ0v) is 12.4. The van der Waals surface area contributed by atoms with Crippen LogP contribution < -0.4 is 16.6 Å². The van der Waals surface area contributed by atoms with Crippen molar-refractivity contribution in [1.29, 1.82) is 0 Å². The van der Waals surface area contributed by atoms with Crippen molar-refractivity contribution in [2.75, 3.05) is 11.9 Å². The summed E-state index contributed by atoms with van der Waals surface area (Å²) < 4.78 is 1.41. The second-order valence-electron chi connectivity index (χ2n) is 4.62. The molecule has 3 N–H and O–H groups in total. The van der Waals surface area contributed by atoms with E-state index in [2.05, 4.69) is 24.3 Å². The fourth-order valence-corrected chi connectivity index (χ4v) is 2.05. The van der Waals surface area contributed by atoms with Gasteiger partial charge in [0.15, 0.2) is 0 Å². The molecule has 0 aromatic carbocycles. The maximum Gasteiger partial charge on any atom is 0.287 e. The minimum Gasteiger partial charge on any atom is -0.378 e. The molecule has 1 rings (SSSR count). The molecule has 6 heteroatoms. The van der Waals surface area contributed by atoms with Gasteiger partial charge in [0, 0.05) is 19.1 Å². The second kappa shape index (κ2) is 8.17. The molecule has 1 atom stereocenters. The molecule has 0 spiro atoms. The summed E-state index contributed by atoms with van der Waals surface area (Å²) in [5.74, 6) is 0. The topological polar surface area (TPSA) is 72.9 Å². The molecule has 0 aliphatic rings. The molecule has 0 radical (unpaired) electrons. The molecule has 0 saturated heterocycles. The molecule has 1 aromatic rings. The number of nitrogens with one attached hydrogen (secondary N) is 1. The van der Waals surface area contributed by atoms with E-state index < -0.39 is 0 Å². The van der Waals surface area contributed by atoms with Gasteiger partial charge in [-0.15, -0.1) is 0 Å². The number of halogens is 1. The third-order valence-corrected chi connectivity index (χ3v) is 3.35. The number of rotatable bonds is 8. The van der Waals surface area contributed by atoms with Crippen LogP contribution in [0.1, 0.15) is 39.5 Å². The molecule has 1 unspecified atom stereocenters. The van der Waals surface area contributed by atoms with E-state index in [-0.39, 0.29) is 16.6 Å². The summed E-state index contributed by atoms with van der Waals surface area (Å²) in [6.45, 7) is 5.26. The molecule has 0 saturated carbocycles. The zero-order valence-electron chi connectivity index (χ0n) is 11.7. The Kier molecular flexibility index (Phi) is 6.87. The molecule has 0 bridgehead atoms. The Labute approximate surface area is 119 Å². The molecule has 1 aromatic heterocycles. The Hall–Kier alpha value is -1.07. The third-order valence-electron chi connectivity index (χ3n) is 2.99. The van der Waals surface area contributed by atoms with E-state index in [0.717, 1.165) is 25.7 Å². The Bertz CT molecular complexity index is 447. The van der Waals surface area contributed by atoms with E-state index in [4.69, 9.17) is 17.3 Å². The minimum atomic E-state index is -0.243. The van der Waals surface area contributed by atoms with Gasteiger partial charge in [0.05, 0.1) is 11.9 Å². The average molecular weight is 287 g/mol. The molecule has 19 heavy (non-hydrogen) atoms. The first-order valence-electron chi connectivity index (χ1n) is 6.86. The highest BCUT2D eigenvalue weighted by atomic mass is 35.5. The first kappa shape index (κ1) is 16.0. The van der Waals surface area contributed by atoms with Gasteiger partial charge in [-0.3, -0.25) is 4.79 Å². The summed E-state index contributed by atoms with van der Waals surface area (Å²) in [6.07, 6.45) is 5.49. The van der Waals surface area contributed by atoms with Gasteiger partial charge in [0.1, 0.15) is 5.02 Å². The Morgan fingerprint density at radius 1 is 1.47 bits per heavy atom. The number of aromatic nitrogens is 2. The monoisotopic (exact) mass is 286 g/mol. The van der Waals surface area contributed by atoms with Crippen LogP contribution in [0.15, 0.2) is 11.0 Å². The summed E-state index contributed by atoms with van der Waals surface area (Å²) >= 11 is 6.10. The number of aryl methyl sites for hydroxylation is 1. The van der Waals surface area contributed by atoms with Gasteiger partial charge in [-0.2, -0.15) is 5.10 Å². The van der Waals surface area contributed by atoms with Crippen molar-refractivity contribution in [3.05, 3.63) is 21.6 Å². The van der Waals surface area contributed by atoms with Crippen LogP contribution in [-0.2, 0) is 6.54 Å². The average Bonchev–Trinajstić information content (AvgIpc) is 2.42. The fourth-order valence-electron chi connectivity index (χ4n) is 1.85. The van der Waals surface area contributed by atoms with Crippen LogP contribution in [-0.4, -0.2) is 22.4 Å². The van der Waals surface area contributed by atoms with E-state index in [1.54, 1.807) is 6.20 Å². The van der Waals surface area contributed by atoms with E-state index in [9.17, 15) is 4.79 Å². The first-order valence-corrected chi connectivity index (χ1v) is 7.24. The van der Waals surface area contributed by atoms with Gasteiger partial charge in [-0.05, 0) is 12.8 Å². The van der Waals surface area contributed by atoms with Crippen molar-refractivity contribution in [3.63, 3.8) is 0 Å². The lowest BCUT2D eigenvalue weighted by Gasteiger charge is -2.18. The number of anilines is 1. The number of hydrogen-bond donors (Lipinski definition) is 2. The Morgan fingerprint density at radius 2 is 2.21 bits per heavy atom. The molecule has 0 aliphatic heterocycles. The highest BCUT2D eigenvalue weighted by Gasteiger charge is 2.12. The second-order valence-corrected chi connectivity index (χ2v) is 5.00. The highest BCUT2D eigenvalue weighted by molar-refractivity contribution is 6.32. The van der Waals surface area contributed by atoms with Crippen molar-refractivity contribution >= 4 is 17.3 Å². The van der Waals surface area contributed by atoms with Gasteiger partial charge in [0.25, 0.3) is 5.56 Å². The molecule has 1 heterocycles. The lowest BCUT2D eigenvalue weighted by molar-refractivity contribution is 0.542. The maximum absolute atomic E-state index is 12.0. The third kappa shape index (κ3) is 4.51. The molecule has 108 valence electrons. The quantitative estimate of drug-likeness (QED) is 0.769. The lowest BCUT2D eigenvalue weighted by Crippen LogP contribution is -2.31. The van der Waals surface area contributed by atoms with E-state index >= 15 is 0 Å². The zero-order chi connectivity index (χ0) is 14.3. The van der Waals surface area contributed by atoms with Crippen molar-refractivity contribution < 1.29 is 0 Å². The standard InChI is InChI=1S/C13H23ClN4O/c1-3-5-7-18-13(19)12(14)11(9-16-18)17-10(8-15)6-4-2/h9-10,17H,3-8,15H2,1-2H3. The molecule has 0 fully saturated rings. The predicted molar refractivity (Wildman–Crippen MR) is 79.8 cm³/mol. The highest BCUT2D eigenvalue weighted by Crippen LogP contribution is 2.17. The van der Waals surface area contributed by atoms with E-state index in [1.807, 2.05) is 0 Å². The minimum absolute atomic E-state index is 0.121. The SMILES string of the molecule is CCCCn1ncc(NC(CN)CCC)c(Cl)c1=O.